The van der Waals surface area contributed by atoms with E-state index >= 15 is 0 Å². The van der Waals surface area contributed by atoms with E-state index in [2.05, 4.69) is 281 Å². The summed E-state index contributed by atoms with van der Waals surface area (Å²) in [5.74, 6) is 0. The highest BCUT2D eigenvalue weighted by Crippen LogP contribution is 2.52. The maximum atomic E-state index is 7.23. The van der Waals surface area contributed by atoms with Crippen LogP contribution in [0.4, 0.5) is 28.4 Å². The zero-order chi connectivity index (χ0) is 51.6. The van der Waals surface area contributed by atoms with E-state index in [0.29, 0.717) is 0 Å². The van der Waals surface area contributed by atoms with Gasteiger partial charge in [0.2, 0.25) is 0 Å². The topological polar surface area (TPSA) is 19.6 Å². The highest BCUT2D eigenvalue weighted by Gasteiger charge is 2.47. The largest absolute Gasteiger partial charge is 0.455 e. The lowest BCUT2D eigenvalue weighted by Gasteiger charge is -2.46. The lowest BCUT2D eigenvalue weighted by molar-refractivity contribution is 0.569. The first kappa shape index (κ1) is 47.4. The predicted molar refractivity (Wildman–Crippen MR) is 319 cm³/mol. The molecule has 9 aromatic carbocycles. The van der Waals surface area contributed by atoms with Gasteiger partial charge in [-0.1, -0.05) is 217 Å². The molecule has 1 aromatic heterocycles. The predicted octanol–water partition coefficient (Wildman–Crippen LogP) is 18.5. The summed E-state index contributed by atoms with van der Waals surface area (Å²) in [6, 6.07) is 71.2. The SMILES string of the molecule is CC(C)(C)c1ccc(-c2ccc(N3B4c5cc(-c6ccccc6)ccc5N(c5cc(C(C)(C)C)cc(C(C)(C)C)c5)c5cc6c(oc7ccccc76)c(c54)-c4cc(-c5ccc(C(C)(C)C)cc5)ccc43)cc2)cc1. The average Bonchev–Trinajstić information content (AvgIpc) is 3.76. The zero-order valence-corrected chi connectivity index (χ0v) is 45.3. The molecule has 0 saturated heterocycles. The Kier molecular flexibility index (Phi) is 10.9. The first-order chi connectivity index (χ1) is 35.2. The summed E-state index contributed by atoms with van der Waals surface area (Å²) in [7, 11) is 0. The molecule has 0 unspecified atom stereocenters. The fourth-order valence-electron chi connectivity index (χ4n) is 11.5. The van der Waals surface area contributed by atoms with Crippen molar-refractivity contribution < 1.29 is 4.42 Å². The van der Waals surface area contributed by atoms with E-state index in [1.54, 1.807) is 0 Å². The lowest BCUT2D eigenvalue weighted by Crippen LogP contribution is -2.61. The standard InChI is InChI=1S/C70H67BN2O/c1-67(2,3)50-30-22-45(23-31-50)46-26-34-54(35-27-46)73-60-36-28-48(47-24-32-51(33-25-47)68(4,5)6)38-58(60)64-65-62(43-57-56-20-16-17-21-63(56)74-66(57)64)72(55-41-52(69(7,8)9)40-53(42-55)70(10,11)12)61-37-29-49(39-59(61)71(65)73)44-18-14-13-15-19-44/h13-43H,1-12H3. The minimum absolute atomic E-state index is 0.0495. The number of anilines is 5. The third kappa shape index (κ3) is 8.06. The summed E-state index contributed by atoms with van der Waals surface area (Å²) in [5.41, 5.74) is 24.8. The van der Waals surface area contributed by atoms with Gasteiger partial charge in [-0.05, 0) is 143 Å². The first-order valence-electron chi connectivity index (χ1n) is 26.6. The zero-order valence-electron chi connectivity index (χ0n) is 45.3. The molecule has 12 rings (SSSR count). The third-order valence-electron chi connectivity index (χ3n) is 15.9. The molecular weight excluding hydrogens is 896 g/mol. The maximum absolute atomic E-state index is 7.23. The van der Waals surface area contributed by atoms with Crippen LogP contribution in [0.2, 0.25) is 0 Å². The summed E-state index contributed by atoms with van der Waals surface area (Å²) in [4.78, 5) is 5.22. The van der Waals surface area contributed by atoms with Crippen molar-refractivity contribution in [3.05, 3.63) is 210 Å². The van der Waals surface area contributed by atoms with Gasteiger partial charge in [0.25, 0.3) is 0 Å². The molecule has 0 N–H and O–H groups in total. The second-order valence-corrected chi connectivity index (χ2v) is 25.1. The molecule has 0 radical (unpaired) electrons. The Morgan fingerprint density at radius 2 is 0.851 bits per heavy atom. The van der Waals surface area contributed by atoms with Crippen LogP contribution in [0.3, 0.4) is 0 Å². The lowest BCUT2D eigenvalue weighted by atomic mass is 9.43. The molecule has 0 amide bonds. The molecule has 74 heavy (non-hydrogen) atoms. The van der Waals surface area contributed by atoms with Crippen molar-refractivity contribution >= 4 is 68.1 Å². The number of benzene rings is 9. The van der Waals surface area contributed by atoms with Gasteiger partial charge in [0.15, 0.2) is 0 Å². The minimum atomic E-state index is -0.221. The van der Waals surface area contributed by atoms with Gasteiger partial charge >= 0.3 is 6.85 Å². The van der Waals surface area contributed by atoms with Gasteiger partial charge in [-0.2, -0.15) is 0 Å². The molecule has 3 heterocycles. The Bertz CT molecular complexity index is 3760. The number of hydrogen-bond acceptors (Lipinski definition) is 3. The molecule has 3 nitrogen and oxygen atoms in total. The van der Waals surface area contributed by atoms with E-state index in [1.165, 1.54) is 77.9 Å². The number of fused-ring (bicyclic) bond motifs is 8. The Morgan fingerprint density at radius 1 is 0.365 bits per heavy atom. The van der Waals surface area contributed by atoms with E-state index in [0.717, 1.165) is 50.1 Å². The van der Waals surface area contributed by atoms with Crippen LogP contribution in [0.25, 0.3) is 66.4 Å². The van der Waals surface area contributed by atoms with Gasteiger partial charge < -0.3 is 14.1 Å². The van der Waals surface area contributed by atoms with Crippen molar-refractivity contribution in [1.82, 2.24) is 0 Å². The summed E-state index contributed by atoms with van der Waals surface area (Å²) in [6.07, 6.45) is 0. The van der Waals surface area contributed by atoms with Gasteiger partial charge in [0, 0.05) is 50.3 Å². The molecule has 0 spiro atoms. The van der Waals surface area contributed by atoms with Crippen LogP contribution in [-0.4, -0.2) is 6.85 Å². The molecule has 10 aromatic rings. The minimum Gasteiger partial charge on any atom is -0.455 e. The smallest absolute Gasteiger partial charge is 0.333 e. The molecule has 0 bridgehead atoms. The van der Waals surface area contributed by atoms with E-state index in [9.17, 15) is 0 Å². The summed E-state index contributed by atoms with van der Waals surface area (Å²) in [5, 5.41) is 2.23. The van der Waals surface area contributed by atoms with Gasteiger partial charge in [0.1, 0.15) is 11.2 Å². The fourth-order valence-corrected chi connectivity index (χ4v) is 11.5. The maximum Gasteiger partial charge on any atom is 0.333 e. The van der Waals surface area contributed by atoms with E-state index < -0.39 is 0 Å². The highest BCUT2D eigenvalue weighted by molar-refractivity contribution is 6.94. The summed E-state index contributed by atoms with van der Waals surface area (Å²) < 4.78 is 7.23. The molecule has 0 atom stereocenters. The van der Waals surface area contributed by atoms with Crippen molar-refractivity contribution in [3.63, 3.8) is 0 Å². The van der Waals surface area contributed by atoms with Crippen LogP contribution in [-0.2, 0) is 21.7 Å². The summed E-state index contributed by atoms with van der Waals surface area (Å²) >= 11 is 0. The number of furan rings is 1. The monoisotopic (exact) mass is 963 g/mol. The van der Waals surface area contributed by atoms with Crippen molar-refractivity contribution in [3.8, 4) is 44.5 Å². The van der Waals surface area contributed by atoms with Gasteiger partial charge in [-0.15, -0.1) is 0 Å². The molecule has 0 fully saturated rings. The third-order valence-corrected chi connectivity index (χ3v) is 15.9. The second kappa shape index (κ2) is 17.0. The molecule has 0 aliphatic carbocycles. The highest BCUT2D eigenvalue weighted by atomic mass is 16.3. The van der Waals surface area contributed by atoms with Crippen LogP contribution in [0.5, 0.6) is 0 Å². The molecule has 4 heteroatoms. The van der Waals surface area contributed by atoms with Gasteiger partial charge in [-0.3, -0.25) is 0 Å². The second-order valence-electron chi connectivity index (χ2n) is 25.1. The fraction of sp³-hybridized carbons (Fsp3) is 0.229. The molecule has 2 aliphatic heterocycles. The van der Waals surface area contributed by atoms with Crippen molar-refractivity contribution in [1.29, 1.82) is 0 Å². The van der Waals surface area contributed by atoms with E-state index in [4.69, 9.17) is 4.42 Å². The van der Waals surface area contributed by atoms with Crippen molar-refractivity contribution in [2.75, 3.05) is 9.71 Å². The Morgan fingerprint density at radius 3 is 1.43 bits per heavy atom. The van der Waals surface area contributed by atoms with Crippen molar-refractivity contribution in [2.45, 2.75) is 105 Å². The molecular formula is C70H67BN2O. The Labute approximate surface area is 439 Å². The molecule has 0 saturated carbocycles. The number of hydrogen-bond donors (Lipinski definition) is 0. The Hall–Kier alpha value is -7.56. The van der Waals surface area contributed by atoms with Crippen LogP contribution < -0.4 is 20.6 Å². The van der Waals surface area contributed by atoms with Crippen LogP contribution in [0, 0.1) is 0 Å². The van der Waals surface area contributed by atoms with Crippen molar-refractivity contribution in [2.24, 2.45) is 0 Å². The van der Waals surface area contributed by atoms with E-state index in [1.807, 2.05) is 0 Å². The van der Waals surface area contributed by atoms with Crippen LogP contribution in [0.15, 0.2) is 192 Å². The van der Waals surface area contributed by atoms with Crippen LogP contribution in [0.1, 0.15) is 105 Å². The van der Waals surface area contributed by atoms with E-state index in [-0.39, 0.29) is 28.5 Å². The number of nitrogens with zero attached hydrogens (tertiary/aromatic N) is 2. The summed E-state index contributed by atoms with van der Waals surface area (Å²) in [6.45, 7) is 27.5. The normalized spacial score (nSPS) is 13.6. The number of para-hydroxylation sites is 1. The number of rotatable bonds is 5. The Balaban J connectivity index is 1.18. The van der Waals surface area contributed by atoms with Gasteiger partial charge in [0.05, 0.1) is 0 Å². The molecule has 366 valence electrons. The van der Waals surface area contributed by atoms with Gasteiger partial charge in [-0.25, -0.2) is 0 Å². The molecule has 2 aliphatic rings. The van der Waals surface area contributed by atoms with Crippen LogP contribution >= 0.6 is 0 Å². The quantitative estimate of drug-likeness (QED) is 0.160. The first-order valence-corrected chi connectivity index (χ1v) is 26.6. The average molecular weight is 963 g/mol.